The van der Waals surface area contributed by atoms with Gasteiger partial charge in [-0.1, -0.05) is 24.3 Å². The monoisotopic (exact) mass is 335 g/mol. The van der Waals surface area contributed by atoms with Gasteiger partial charge in [0.1, 0.15) is 0 Å². The lowest BCUT2D eigenvalue weighted by Gasteiger charge is -2.07. The van der Waals surface area contributed by atoms with Gasteiger partial charge in [0.05, 0.1) is 5.56 Å². The quantitative estimate of drug-likeness (QED) is 0.506. The van der Waals surface area contributed by atoms with E-state index >= 15 is 0 Å². The van der Waals surface area contributed by atoms with E-state index in [2.05, 4.69) is 15.6 Å². The molecule has 1 heterocycles. The highest BCUT2D eigenvalue weighted by molar-refractivity contribution is 6.48. The molecule has 126 valence electrons. The Labute approximate surface area is 144 Å². The fourth-order valence-corrected chi connectivity index (χ4v) is 2.75. The highest BCUT2D eigenvalue weighted by atomic mass is 16.2. The number of ketones is 1. The summed E-state index contributed by atoms with van der Waals surface area (Å²) in [6.07, 6.45) is 0. The van der Waals surface area contributed by atoms with Gasteiger partial charge < -0.3 is 15.6 Å². The number of carbonyl (C=O) groups excluding carboxylic acids is 3. The van der Waals surface area contributed by atoms with E-state index in [1.807, 2.05) is 18.2 Å². The lowest BCUT2D eigenvalue weighted by atomic mass is 10.1. The molecular weight excluding hydrogens is 318 g/mol. The summed E-state index contributed by atoms with van der Waals surface area (Å²) in [5, 5.41) is 5.78. The number of carbonyl (C=O) groups is 3. The number of Topliss-reactive ketones (excluding diaryl/α,β-unsaturated/α-hetero) is 1. The maximum atomic E-state index is 12.6. The van der Waals surface area contributed by atoms with E-state index in [0.29, 0.717) is 27.9 Å². The van der Waals surface area contributed by atoms with Crippen LogP contribution in [0.4, 0.5) is 5.69 Å². The molecule has 0 aliphatic rings. The number of fused-ring (bicyclic) bond motifs is 1. The number of anilines is 1. The topological polar surface area (TPSA) is 91.1 Å². The van der Waals surface area contributed by atoms with E-state index in [-0.39, 0.29) is 5.91 Å². The number of aromatic nitrogens is 1. The van der Waals surface area contributed by atoms with Gasteiger partial charge in [-0.25, -0.2) is 0 Å². The third-order valence-corrected chi connectivity index (χ3v) is 3.94. The van der Waals surface area contributed by atoms with E-state index in [9.17, 15) is 14.4 Å². The van der Waals surface area contributed by atoms with Crippen molar-refractivity contribution in [3.8, 4) is 0 Å². The lowest BCUT2D eigenvalue weighted by Crippen LogP contribution is -2.24. The van der Waals surface area contributed by atoms with Crippen molar-refractivity contribution in [1.82, 2.24) is 10.3 Å². The van der Waals surface area contributed by atoms with Crippen molar-refractivity contribution in [1.29, 1.82) is 0 Å². The molecule has 3 rings (SSSR count). The molecule has 0 spiro atoms. The summed E-state index contributed by atoms with van der Waals surface area (Å²) < 4.78 is 0. The SMILES string of the molecule is CNC(=O)c1cccc(NC(=O)C(=O)c2c(C)[nH]c3ccccc23)c1. The van der Waals surface area contributed by atoms with E-state index in [1.54, 1.807) is 31.2 Å². The summed E-state index contributed by atoms with van der Waals surface area (Å²) in [5.41, 5.74) is 2.58. The van der Waals surface area contributed by atoms with Crippen molar-refractivity contribution >= 4 is 34.2 Å². The van der Waals surface area contributed by atoms with Crippen LogP contribution in [0.2, 0.25) is 0 Å². The van der Waals surface area contributed by atoms with E-state index in [1.165, 1.54) is 13.1 Å². The second-order valence-corrected chi connectivity index (χ2v) is 5.61. The van der Waals surface area contributed by atoms with Crippen LogP contribution in [0, 0.1) is 6.92 Å². The van der Waals surface area contributed by atoms with Gasteiger partial charge in [0.15, 0.2) is 0 Å². The molecule has 0 atom stereocenters. The molecule has 0 fully saturated rings. The Balaban J connectivity index is 1.87. The van der Waals surface area contributed by atoms with Crippen LogP contribution in [0.1, 0.15) is 26.4 Å². The largest absolute Gasteiger partial charge is 0.358 e. The predicted octanol–water partition coefficient (Wildman–Crippen LogP) is 2.66. The molecule has 0 radical (unpaired) electrons. The zero-order chi connectivity index (χ0) is 18.0. The Morgan fingerprint density at radius 2 is 1.76 bits per heavy atom. The van der Waals surface area contributed by atoms with Gasteiger partial charge in [0, 0.05) is 34.9 Å². The average molecular weight is 335 g/mol. The van der Waals surface area contributed by atoms with Crippen molar-refractivity contribution in [2.45, 2.75) is 6.92 Å². The first kappa shape index (κ1) is 16.4. The number of aryl methyl sites for hydroxylation is 1. The van der Waals surface area contributed by atoms with Crippen molar-refractivity contribution in [2.75, 3.05) is 12.4 Å². The second-order valence-electron chi connectivity index (χ2n) is 5.61. The predicted molar refractivity (Wildman–Crippen MR) is 95.8 cm³/mol. The molecule has 0 bridgehead atoms. The van der Waals surface area contributed by atoms with E-state index in [0.717, 1.165) is 5.52 Å². The molecule has 0 saturated heterocycles. The Morgan fingerprint density at radius 1 is 1.00 bits per heavy atom. The van der Waals surface area contributed by atoms with Gasteiger partial charge in [-0.15, -0.1) is 0 Å². The zero-order valence-electron chi connectivity index (χ0n) is 13.8. The summed E-state index contributed by atoms with van der Waals surface area (Å²) in [4.78, 5) is 39.8. The van der Waals surface area contributed by atoms with Crippen LogP contribution in [0.15, 0.2) is 48.5 Å². The molecule has 0 saturated carbocycles. The molecule has 0 aliphatic carbocycles. The van der Waals surface area contributed by atoms with Crippen LogP contribution < -0.4 is 10.6 Å². The van der Waals surface area contributed by atoms with Gasteiger partial charge in [-0.3, -0.25) is 14.4 Å². The van der Waals surface area contributed by atoms with E-state index in [4.69, 9.17) is 0 Å². The van der Waals surface area contributed by atoms with Crippen LogP contribution in [0.3, 0.4) is 0 Å². The molecular formula is C19H17N3O3. The highest BCUT2D eigenvalue weighted by Crippen LogP contribution is 2.23. The molecule has 1 aromatic heterocycles. The number of para-hydroxylation sites is 1. The number of amides is 2. The van der Waals surface area contributed by atoms with Crippen molar-refractivity contribution in [3.63, 3.8) is 0 Å². The summed E-state index contributed by atoms with van der Waals surface area (Å²) in [5.74, 6) is -1.64. The van der Waals surface area contributed by atoms with Crippen molar-refractivity contribution in [3.05, 3.63) is 65.4 Å². The Kier molecular flexibility index (Phi) is 4.35. The molecule has 6 heteroatoms. The van der Waals surface area contributed by atoms with E-state index < -0.39 is 11.7 Å². The molecule has 0 unspecified atom stereocenters. The maximum Gasteiger partial charge on any atom is 0.296 e. The second kappa shape index (κ2) is 6.60. The Bertz CT molecular complexity index is 988. The first-order valence-corrected chi connectivity index (χ1v) is 7.76. The van der Waals surface area contributed by atoms with Crippen LogP contribution in [-0.2, 0) is 4.79 Å². The van der Waals surface area contributed by atoms with Gasteiger partial charge in [0.2, 0.25) is 0 Å². The van der Waals surface area contributed by atoms with Crippen molar-refractivity contribution < 1.29 is 14.4 Å². The summed E-state index contributed by atoms with van der Waals surface area (Å²) in [7, 11) is 1.52. The maximum absolute atomic E-state index is 12.6. The van der Waals surface area contributed by atoms with Gasteiger partial charge >= 0.3 is 0 Å². The number of aromatic amines is 1. The third kappa shape index (κ3) is 3.14. The Hall–Kier alpha value is -3.41. The van der Waals surface area contributed by atoms with Crippen LogP contribution in [-0.4, -0.2) is 29.6 Å². The molecule has 6 nitrogen and oxygen atoms in total. The van der Waals surface area contributed by atoms with Gasteiger partial charge in [-0.05, 0) is 31.2 Å². The average Bonchev–Trinajstić information content (AvgIpc) is 2.96. The zero-order valence-corrected chi connectivity index (χ0v) is 13.8. The third-order valence-electron chi connectivity index (χ3n) is 3.94. The molecule has 0 aliphatic heterocycles. The highest BCUT2D eigenvalue weighted by Gasteiger charge is 2.22. The Morgan fingerprint density at radius 3 is 2.52 bits per heavy atom. The van der Waals surface area contributed by atoms with Gasteiger partial charge in [-0.2, -0.15) is 0 Å². The molecule has 2 aromatic carbocycles. The molecule has 25 heavy (non-hydrogen) atoms. The standard InChI is InChI=1S/C19H17N3O3/c1-11-16(14-8-3-4-9-15(14)21-11)17(23)19(25)22-13-7-5-6-12(10-13)18(24)20-2/h3-10,21H,1-2H3,(H,20,24)(H,22,25). The molecule has 3 aromatic rings. The fraction of sp³-hybridized carbons (Fsp3) is 0.105. The fourth-order valence-electron chi connectivity index (χ4n) is 2.75. The molecule has 2 amide bonds. The number of rotatable bonds is 4. The van der Waals surface area contributed by atoms with Crippen molar-refractivity contribution in [2.24, 2.45) is 0 Å². The normalized spacial score (nSPS) is 10.5. The van der Waals surface area contributed by atoms with Crippen LogP contribution in [0.25, 0.3) is 10.9 Å². The smallest absolute Gasteiger partial charge is 0.296 e. The number of hydrogen-bond acceptors (Lipinski definition) is 3. The summed E-state index contributed by atoms with van der Waals surface area (Å²) in [6.45, 7) is 1.76. The minimum Gasteiger partial charge on any atom is -0.358 e. The number of nitrogens with one attached hydrogen (secondary N) is 3. The number of H-pyrrole nitrogens is 1. The molecule has 3 N–H and O–H groups in total. The summed E-state index contributed by atoms with van der Waals surface area (Å²) >= 11 is 0. The lowest BCUT2D eigenvalue weighted by molar-refractivity contribution is -0.112. The van der Waals surface area contributed by atoms with Gasteiger partial charge in [0.25, 0.3) is 17.6 Å². The van der Waals surface area contributed by atoms with Crippen LogP contribution >= 0.6 is 0 Å². The minimum absolute atomic E-state index is 0.269. The number of benzene rings is 2. The summed E-state index contributed by atoms with van der Waals surface area (Å²) in [6, 6.07) is 13.7. The number of hydrogen-bond donors (Lipinski definition) is 3. The van der Waals surface area contributed by atoms with Crippen LogP contribution in [0.5, 0.6) is 0 Å². The first-order chi connectivity index (χ1) is 12.0. The minimum atomic E-state index is -0.748. The first-order valence-electron chi connectivity index (χ1n) is 7.76.